The van der Waals surface area contributed by atoms with Crippen molar-refractivity contribution >= 4 is 17.6 Å². The number of benzene rings is 1. The van der Waals surface area contributed by atoms with Crippen LogP contribution in [-0.2, 0) is 9.59 Å². The average Bonchev–Trinajstić information content (AvgIpc) is 2.44. The topological polar surface area (TPSA) is 69.6 Å². The fourth-order valence-corrected chi connectivity index (χ4v) is 1.77. The summed E-state index contributed by atoms with van der Waals surface area (Å²) in [5.41, 5.74) is 0.909. The first-order chi connectivity index (χ1) is 9.63. The third kappa shape index (κ3) is 6.04. The summed E-state index contributed by atoms with van der Waals surface area (Å²) in [4.78, 5) is 24.2. The van der Waals surface area contributed by atoms with Crippen molar-refractivity contribution in [3.63, 3.8) is 0 Å². The lowest BCUT2D eigenvalue weighted by Crippen LogP contribution is -2.38. The number of carboxylic acids is 1. The Kier molecular flexibility index (Phi) is 6.89. The van der Waals surface area contributed by atoms with E-state index in [1.54, 1.807) is 6.08 Å². The predicted molar refractivity (Wildman–Crippen MR) is 78.7 cm³/mol. The van der Waals surface area contributed by atoms with Gasteiger partial charge in [0.15, 0.2) is 0 Å². The van der Waals surface area contributed by atoms with E-state index in [0.29, 0.717) is 19.5 Å². The second kappa shape index (κ2) is 8.74. The summed E-state index contributed by atoms with van der Waals surface area (Å²) in [5, 5.41) is 11.4. The zero-order valence-corrected chi connectivity index (χ0v) is 11.4. The number of amides is 1. The van der Waals surface area contributed by atoms with Gasteiger partial charge in [0.2, 0.25) is 5.91 Å². The van der Waals surface area contributed by atoms with Crippen molar-refractivity contribution in [3.05, 3.63) is 43.0 Å². The van der Waals surface area contributed by atoms with E-state index in [1.807, 2.05) is 35.2 Å². The average molecular weight is 276 g/mol. The van der Waals surface area contributed by atoms with Gasteiger partial charge in [0, 0.05) is 25.2 Å². The molecule has 0 bridgehead atoms. The molecule has 1 rings (SSSR count). The molecule has 20 heavy (non-hydrogen) atoms. The highest BCUT2D eigenvalue weighted by Gasteiger charge is 2.11. The van der Waals surface area contributed by atoms with Gasteiger partial charge in [-0.2, -0.15) is 0 Å². The Balaban J connectivity index is 2.61. The summed E-state index contributed by atoms with van der Waals surface area (Å²) in [7, 11) is 0. The van der Waals surface area contributed by atoms with Gasteiger partial charge in [-0.25, -0.2) is 0 Å². The Bertz CT molecular complexity index is 446. The van der Waals surface area contributed by atoms with Crippen LogP contribution in [0.25, 0.3) is 0 Å². The van der Waals surface area contributed by atoms with Gasteiger partial charge in [-0.15, -0.1) is 6.58 Å². The molecule has 0 aliphatic rings. The molecule has 0 saturated carbocycles. The number of para-hydroxylation sites is 1. The molecule has 0 aliphatic carbocycles. The lowest BCUT2D eigenvalue weighted by molar-refractivity contribution is -0.137. The van der Waals surface area contributed by atoms with Crippen LogP contribution in [0.2, 0.25) is 0 Å². The number of hydrogen-bond acceptors (Lipinski definition) is 3. The highest BCUT2D eigenvalue weighted by Crippen LogP contribution is 2.13. The highest BCUT2D eigenvalue weighted by molar-refractivity contribution is 5.81. The molecule has 5 nitrogen and oxygen atoms in total. The minimum absolute atomic E-state index is 0.0949. The van der Waals surface area contributed by atoms with Crippen LogP contribution in [0.3, 0.4) is 0 Å². The molecule has 0 heterocycles. The van der Waals surface area contributed by atoms with Gasteiger partial charge in [-0.3, -0.25) is 9.59 Å². The van der Waals surface area contributed by atoms with Crippen molar-refractivity contribution in [1.29, 1.82) is 0 Å². The standard InChI is InChI=1S/C15H20N2O3/c1-2-10-16-14(18)12-17(11-6-9-15(19)20)13-7-4-3-5-8-13/h2-5,7-8H,1,6,9-12H2,(H,16,18)(H,19,20). The maximum absolute atomic E-state index is 11.8. The Labute approximate surface area is 118 Å². The van der Waals surface area contributed by atoms with Crippen LogP contribution in [-0.4, -0.2) is 36.6 Å². The summed E-state index contributed by atoms with van der Waals surface area (Å²) in [6.45, 7) is 4.70. The van der Waals surface area contributed by atoms with Crippen LogP contribution in [0.1, 0.15) is 12.8 Å². The highest BCUT2D eigenvalue weighted by atomic mass is 16.4. The van der Waals surface area contributed by atoms with Crippen molar-refractivity contribution in [2.75, 3.05) is 24.5 Å². The van der Waals surface area contributed by atoms with Crippen molar-refractivity contribution in [1.82, 2.24) is 5.32 Å². The van der Waals surface area contributed by atoms with Crippen LogP contribution in [0.15, 0.2) is 43.0 Å². The molecule has 0 saturated heterocycles. The van der Waals surface area contributed by atoms with E-state index in [1.165, 1.54) is 0 Å². The quantitative estimate of drug-likeness (QED) is 0.673. The van der Waals surface area contributed by atoms with E-state index in [4.69, 9.17) is 5.11 Å². The fraction of sp³-hybridized carbons (Fsp3) is 0.333. The Morgan fingerprint density at radius 1 is 1.30 bits per heavy atom. The second-order valence-electron chi connectivity index (χ2n) is 4.35. The van der Waals surface area contributed by atoms with Gasteiger partial charge >= 0.3 is 5.97 Å². The van der Waals surface area contributed by atoms with Crippen LogP contribution in [0.5, 0.6) is 0 Å². The van der Waals surface area contributed by atoms with E-state index < -0.39 is 5.97 Å². The first kappa shape index (κ1) is 15.8. The number of aliphatic carboxylic acids is 1. The first-order valence-electron chi connectivity index (χ1n) is 6.53. The molecular formula is C15H20N2O3. The molecule has 2 N–H and O–H groups in total. The number of carbonyl (C=O) groups is 2. The van der Waals surface area contributed by atoms with Crippen molar-refractivity contribution < 1.29 is 14.7 Å². The largest absolute Gasteiger partial charge is 0.481 e. The third-order valence-electron chi connectivity index (χ3n) is 2.72. The van der Waals surface area contributed by atoms with Crippen LogP contribution in [0, 0.1) is 0 Å². The summed E-state index contributed by atoms with van der Waals surface area (Å²) in [5.74, 6) is -0.932. The van der Waals surface area contributed by atoms with Gasteiger partial charge in [0.05, 0.1) is 6.54 Å². The summed E-state index contributed by atoms with van der Waals surface area (Å²) >= 11 is 0. The minimum atomic E-state index is -0.825. The van der Waals surface area contributed by atoms with E-state index >= 15 is 0 Å². The van der Waals surface area contributed by atoms with Crippen LogP contribution >= 0.6 is 0 Å². The Hall–Kier alpha value is -2.30. The maximum atomic E-state index is 11.8. The van der Waals surface area contributed by atoms with Gasteiger partial charge < -0.3 is 15.3 Å². The van der Waals surface area contributed by atoms with Crippen LogP contribution < -0.4 is 10.2 Å². The van der Waals surface area contributed by atoms with E-state index in [9.17, 15) is 9.59 Å². The molecule has 0 unspecified atom stereocenters. The zero-order chi connectivity index (χ0) is 14.8. The molecule has 1 amide bonds. The number of nitrogens with one attached hydrogen (secondary N) is 1. The SMILES string of the molecule is C=CCNC(=O)CN(CCCC(=O)O)c1ccccc1. The molecule has 1 aromatic carbocycles. The van der Waals surface area contributed by atoms with Crippen LogP contribution in [0.4, 0.5) is 5.69 Å². The summed E-state index contributed by atoms with van der Waals surface area (Å²) in [6.07, 6.45) is 2.21. The molecule has 0 aliphatic heterocycles. The monoisotopic (exact) mass is 276 g/mol. The lowest BCUT2D eigenvalue weighted by atomic mass is 10.2. The molecule has 0 fully saturated rings. The predicted octanol–water partition coefficient (Wildman–Crippen LogP) is 1.66. The molecule has 108 valence electrons. The summed E-state index contributed by atoms with van der Waals surface area (Å²) < 4.78 is 0. The van der Waals surface area contributed by atoms with Crippen molar-refractivity contribution in [2.45, 2.75) is 12.8 Å². The molecule has 1 aromatic rings. The number of nitrogens with zero attached hydrogens (tertiary/aromatic N) is 1. The van der Waals surface area contributed by atoms with E-state index in [2.05, 4.69) is 11.9 Å². The lowest BCUT2D eigenvalue weighted by Gasteiger charge is -2.24. The zero-order valence-electron chi connectivity index (χ0n) is 11.4. The second-order valence-corrected chi connectivity index (χ2v) is 4.35. The molecule has 0 spiro atoms. The number of hydrogen-bond donors (Lipinski definition) is 2. The molecule has 0 atom stereocenters. The van der Waals surface area contributed by atoms with E-state index in [0.717, 1.165) is 5.69 Å². The number of anilines is 1. The van der Waals surface area contributed by atoms with Gasteiger partial charge in [0.1, 0.15) is 0 Å². The summed E-state index contributed by atoms with van der Waals surface area (Å²) in [6, 6.07) is 9.49. The van der Waals surface area contributed by atoms with Gasteiger partial charge in [-0.1, -0.05) is 24.3 Å². The van der Waals surface area contributed by atoms with Gasteiger partial charge in [-0.05, 0) is 18.6 Å². The molecular weight excluding hydrogens is 256 g/mol. The first-order valence-corrected chi connectivity index (χ1v) is 6.53. The number of carboxylic acid groups (broad SMARTS) is 1. The third-order valence-corrected chi connectivity index (χ3v) is 2.72. The molecule has 0 aromatic heterocycles. The maximum Gasteiger partial charge on any atom is 0.303 e. The molecule has 5 heteroatoms. The van der Waals surface area contributed by atoms with E-state index in [-0.39, 0.29) is 18.9 Å². The number of carbonyl (C=O) groups excluding carboxylic acids is 1. The van der Waals surface area contributed by atoms with Crippen molar-refractivity contribution in [2.24, 2.45) is 0 Å². The normalized spacial score (nSPS) is 9.80. The fourth-order valence-electron chi connectivity index (χ4n) is 1.77. The Morgan fingerprint density at radius 3 is 2.60 bits per heavy atom. The minimum Gasteiger partial charge on any atom is -0.481 e. The van der Waals surface area contributed by atoms with Gasteiger partial charge in [0.25, 0.3) is 0 Å². The van der Waals surface area contributed by atoms with Crippen molar-refractivity contribution in [3.8, 4) is 0 Å². The Morgan fingerprint density at radius 2 is 2.00 bits per heavy atom. The number of rotatable bonds is 9. The smallest absolute Gasteiger partial charge is 0.303 e. The molecule has 0 radical (unpaired) electrons.